The number of carbonyl (C=O) groups is 1. The average molecular weight is 307 g/mol. The number of unbranched alkanes of at least 4 members (excludes halogenated alkanes) is 1. The van der Waals surface area contributed by atoms with Crippen LogP contribution in [0.3, 0.4) is 0 Å². The molecule has 1 saturated carbocycles. The van der Waals surface area contributed by atoms with E-state index in [0.29, 0.717) is 12.1 Å². The summed E-state index contributed by atoms with van der Waals surface area (Å²) in [5.41, 5.74) is 0.172. The van der Waals surface area contributed by atoms with E-state index >= 15 is 0 Å². The molecule has 0 aliphatic heterocycles. The van der Waals surface area contributed by atoms with Gasteiger partial charge in [-0.05, 0) is 19.3 Å². The van der Waals surface area contributed by atoms with Gasteiger partial charge in [-0.15, -0.1) is 0 Å². The van der Waals surface area contributed by atoms with E-state index in [9.17, 15) is 13.2 Å². The molecule has 0 spiro atoms. The maximum absolute atomic E-state index is 11.8. The lowest BCUT2D eigenvalue weighted by Gasteiger charge is -2.03. The molecule has 19 heavy (non-hydrogen) atoms. The molecule has 0 radical (unpaired) electrons. The van der Waals surface area contributed by atoms with Crippen molar-refractivity contribution in [1.29, 1.82) is 0 Å². The molecule has 0 atom stereocenters. The Bertz CT molecular complexity index is 578. The third kappa shape index (κ3) is 3.27. The Labute approximate surface area is 115 Å². The number of esters is 1. The number of rotatable bonds is 6. The van der Waals surface area contributed by atoms with Gasteiger partial charge in [0.1, 0.15) is 4.90 Å². The van der Waals surface area contributed by atoms with Gasteiger partial charge in [0.2, 0.25) is 0 Å². The number of ether oxygens (including phenoxy) is 1. The zero-order chi connectivity index (χ0) is 14.0. The zero-order valence-corrected chi connectivity index (χ0v) is 12.1. The fourth-order valence-electron chi connectivity index (χ4n) is 1.76. The van der Waals surface area contributed by atoms with Crippen LogP contribution in [0, 0.1) is 0 Å². The number of hydrogen-bond acceptors (Lipinski definition) is 5. The van der Waals surface area contributed by atoms with Crippen LogP contribution in [0.5, 0.6) is 0 Å². The molecule has 1 aliphatic carbocycles. The van der Waals surface area contributed by atoms with Crippen LogP contribution >= 0.6 is 10.7 Å². The fourth-order valence-corrected chi connectivity index (χ4v) is 3.06. The Morgan fingerprint density at radius 1 is 1.53 bits per heavy atom. The largest absolute Gasteiger partial charge is 0.461 e. The lowest BCUT2D eigenvalue weighted by Crippen LogP contribution is -2.10. The summed E-state index contributed by atoms with van der Waals surface area (Å²) in [6, 6.07) is 0. The molecule has 6 nitrogen and oxygen atoms in total. The summed E-state index contributed by atoms with van der Waals surface area (Å²) in [7, 11) is 1.37. The summed E-state index contributed by atoms with van der Waals surface area (Å²) in [5.74, 6) is -0.663. The predicted molar refractivity (Wildman–Crippen MR) is 68.8 cm³/mol. The van der Waals surface area contributed by atoms with Crippen LogP contribution in [0.25, 0.3) is 0 Å². The highest BCUT2D eigenvalue weighted by Gasteiger charge is 2.36. The van der Waals surface area contributed by atoms with Gasteiger partial charge in [0.25, 0.3) is 9.05 Å². The SMILES string of the molecule is CCCCOC(=O)c1n[nH]c(C2CC2)c1S(=O)(=O)Cl. The minimum absolute atomic E-state index is 0.0909. The smallest absolute Gasteiger partial charge is 0.360 e. The lowest BCUT2D eigenvalue weighted by molar-refractivity contribution is 0.0488. The van der Waals surface area contributed by atoms with E-state index in [1.165, 1.54) is 0 Å². The molecule has 106 valence electrons. The topological polar surface area (TPSA) is 89.1 Å². The molecule has 1 aliphatic rings. The number of nitrogens with zero attached hydrogens (tertiary/aromatic N) is 1. The molecule has 0 saturated heterocycles. The summed E-state index contributed by atoms with van der Waals surface area (Å²) in [6.45, 7) is 2.20. The Balaban J connectivity index is 2.27. The summed E-state index contributed by atoms with van der Waals surface area (Å²) in [4.78, 5) is 11.6. The number of nitrogens with one attached hydrogen (secondary N) is 1. The highest BCUT2D eigenvalue weighted by Crippen LogP contribution is 2.43. The molecule has 1 N–H and O–H groups in total. The van der Waals surface area contributed by atoms with Crippen molar-refractivity contribution in [2.45, 2.75) is 43.4 Å². The van der Waals surface area contributed by atoms with Crippen LogP contribution in [0.1, 0.15) is 54.7 Å². The average Bonchev–Trinajstić information content (AvgIpc) is 3.06. The second-order valence-corrected chi connectivity index (χ2v) is 7.02. The Morgan fingerprint density at radius 3 is 2.74 bits per heavy atom. The van der Waals surface area contributed by atoms with E-state index < -0.39 is 15.0 Å². The van der Waals surface area contributed by atoms with Gasteiger partial charge >= 0.3 is 5.97 Å². The van der Waals surface area contributed by atoms with Crippen molar-refractivity contribution in [3.8, 4) is 0 Å². The minimum atomic E-state index is -4.02. The molecule has 0 aromatic carbocycles. The molecule has 0 bridgehead atoms. The van der Waals surface area contributed by atoms with Gasteiger partial charge in [0.15, 0.2) is 5.69 Å². The summed E-state index contributed by atoms with van der Waals surface area (Å²) < 4.78 is 28.2. The van der Waals surface area contributed by atoms with Crippen molar-refractivity contribution >= 4 is 25.7 Å². The van der Waals surface area contributed by atoms with Crippen LogP contribution < -0.4 is 0 Å². The monoisotopic (exact) mass is 306 g/mol. The number of aromatic nitrogens is 2. The van der Waals surface area contributed by atoms with Gasteiger partial charge in [-0.2, -0.15) is 5.10 Å². The van der Waals surface area contributed by atoms with Crippen LogP contribution in [0.15, 0.2) is 4.90 Å². The first-order valence-electron chi connectivity index (χ1n) is 6.15. The number of halogens is 1. The Morgan fingerprint density at radius 2 is 2.21 bits per heavy atom. The standard InChI is InChI=1S/C11H15ClN2O4S/c1-2-3-6-18-11(15)9-10(19(12,16)17)8(13-14-9)7-4-5-7/h7H,2-6H2,1H3,(H,13,14). The summed E-state index contributed by atoms with van der Waals surface area (Å²) in [6.07, 6.45) is 3.33. The van der Waals surface area contributed by atoms with E-state index in [-0.39, 0.29) is 23.1 Å². The van der Waals surface area contributed by atoms with Gasteiger partial charge in [0, 0.05) is 16.6 Å². The Hall–Kier alpha value is -1.08. The molecule has 1 heterocycles. The molecule has 0 amide bonds. The zero-order valence-electron chi connectivity index (χ0n) is 10.5. The highest BCUT2D eigenvalue weighted by molar-refractivity contribution is 8.13. The summed E-state index contributed by atoms with van der Waals surface area (Å²) >= 11 is 0. The number of carbonyl (C=O) groups excluding carboxylic acids is 1. The molecule has 0 unspecified atom stereocenters. The first-order valence-corrected chi connectivity index (χ1v) is 8.46. The predicted octanol–water partition coefficient (Wildman–Crippen LogP) is 2.17. The lowest BCUT2D eigenvalue weighted by atomic mass is 10.2. The highest BCUT2D eigenvalue weighted by atomic mass is 35.7. The van der Waals surface area contributed by atoms with Crippen molar-refractivity contribution in [3.63, 3.8) is 0 Å². The molecule has 1 fully saturated rings. The third-order valence-electron chi connectivity index (χ3n) is 2.90. The fraction of sp³-hybridized carbons (Fsp3) is 0.636. The molecule has 8 heteroatoms. The quantitative estimate of drug-likeness (QED) is 0.494. The first-order chi connectivity index (χ1) is 8.95. The molecule has 2 rings (SSSR count). The summed E-state index contributed by atoms with van der Waals surface area (Å²) in [5, 5.41) is 6.36. The van der Waals surface area contributed by atoms with Gasteiger partial charge in [-0.3, -0.25) is 5.10 Å². The Kier molecular flexibility index (Phi) is 4.15. The van der Waals surface area contributed by atoms with E-state index in [0.717, 1.165) is 19.3 Å². The maximum Gasteiger partial charge on any atom is 0.360 e. The number of hydrogen-bond donors (Lipinski definition) is 1. The second-order valence-electron chi connectivity index (χ2n) is 4.52. The first kappa shape index (κ1) is 14.3. The van der Waals surface area contributed by atoms with Crippen molar-refractivity contribution in [3.05, 3.63) is 11.4 Å². The van der Waals surface area contributed by atoms with E-state index in [4.69, 9.17) is 15.4 Å². The normalized spacial score (nSPS) is 15.5. The second kappa shape index (κ2) is 5.50. The van der Waals surface area contributed by atoms with E-state index in [1.54, 1.807) is 0 Å². The number of aromatic amines is 1. The van der Waals surface area contributed by atoms with Crippen molar-refractivity contribution in [2.24, 2.45) is 0 Å². The van der Waals surface area contributed by atoms with Gasteiger partial charge in [-0.1, -0.05) is 13.3 Å². The number of H-pyrrole nitrogens is 1. The molecular weight excluding hydrogens is 292 g/mol. The van der Waals surface area contributed by atoms with Gasteiger partial charge in [-0.25, -0.2) is 13.2 Å². The van der Waals surface area contributed by atoms with E-state index in [1.807, 2.05) is 6.92 Å². The maximum atomic E-state index is 11.8. The van der Waals surface area contributed by atoms with Crippen LogP contribution in [-0.4, -0.2) is 31.2 Å². The van der Waals surface area contributed by atoms with Crippen LogP contribution in [-0.2, 0) is 13.8 Å². The van der Waals surface area contributed by atoms with Gasteiger partial charge in [0.05, 0.1) is 12.3 Å². The van der Waals surface area contributed by atoms with E-state index in [2.05, 4.69) is 10.2 Å². The molecular formula is C11H15ClN2O4S. The van der Waals surface area contributed by atoms with Gasteiger partial charge < -0.3 is 4.74 Å². The van der Waals surface area contributed by atoms with Crippen molar-refractivity contribution < 1.29 is 17.9 Å². The third-order valence-corrected chi connectivity index (χ3v) is 4.27. The molecule has 1 aromatic rings. The van der Waals surface area contributed by atoms with Crippen molar-refractivity contribution in [2.75, 3.05) is 6.61 Å². The van der Waals surface area contributed by atoms with Crippen LogP contribution in [0.2, 0.25) is 0 Å². The molecule has 1 aromatic heterocycles. The van der Waals surface area contributed by atoms with Crippen LogP contribution in [0.4, 0.5) is 0 Å². The minimum Gasteiger partial charge on any atom is -0.461 e. The van der Waals surface area contributed by atoms with Crippen molar-refractivity contribution in [1.82, 2.24) is 10.2 Å².